The van der Waals surface area contributed by atoms with Gasteiger partial charge in [-0.05, 0) is 32.7 Å². The van der Waals surface area contributed by atoms with Crippen LogP contribution in [0, 0.1) is 0 Å². The highest BCUT2D eigenvalue weighted by Gasteiger charge is 2.41. The smallest absolute Gasteiger partial charge is 0.323 e. The van der Waals surface area contributed by atoms with Crippen molar-refractivity contribution in [1.82, 2.24) is 10.1 Å². The van der Waals surface area contributed by atoms with Gasteiger partial charge in [0.25, 0.3) is 0 Å². The summed E-state index contributed by atoms with van der Waals surface area (Å²) < 4.78 is 10.1. The number of carboxylic acids is 1. The average molecular weight is 268 g/mol. The van der Waals surface area contributed by atoms with E-state index in [2.05, 4.69) is 5.16 Å². The van der Waals surface area contributed by atoms with Crippen LogP contribution in [-0.2, 0) is 22.7 Å². The summed E-state index contributed by atoms with van der Waals surface area (Å²) in [7, 11) is 1.59. The maximum Gasteiger partial charge on any atom is 0.323 e. The number of carbonyl (C=O) groups is 1. The zero-order chi connectivity index (χ0) is 13.9. The molecule has 1 aromatic heterocycles. The highest BCUT2D eigenvalue weighted by atomic mass is 16.5. The number of aromatic nitrogens is 1. The van der Waals surface area contributed by atoms with Gasteiger partial charge >= 0.3 is 5.97 Å². The molecule has 1 atom stereocenters. The lowest BCUT2D eigenvalue weighted by Gasteiger charge is -2.41. The molecule has 1 N–H and O–H groups in total. The molecule has 0 amide bonds. The van der Waals surface area contributed by atoms with Gasteiger partial charge in [-0.3, -0.25) is 9.69 Å². The molecule has 1 aromatic rings. The van der Waals surface area contributed by atoms with Crippen LogP contribution in [0.5, 0.6) is 0 Å². The largest absolute Gasteiger partial charge is 0.480 e. The van der Waals surface area contributed by atoms with E-state index in [9.17, 15) is 9.90 Å². The normalized spacial score (nSPS) is 24.5. The highest BCUT2D eigenvalue weighted by molar-refractivity contribution is 5.78. The SMILES string of the molecule is COCc1cc(CN2CCCCC2(C)C(=O)O)no1. The van der Waals surface area contributed by atoms with Gasteiger partial charge in [-0.25, -0.2) is 0 Å². The maximum absolute atomic E-state index is 11.5. The number of piperidine rings is 1. The lowest BCUT2D eigenvalue weighted by Crippen LogP contribution is -2.54. The van der Waals surface area contributed by atoms with Crippen LogP contribution in [0.15, 0.2) is 10.6 Å². The average Bonchev–Trinajstić information content (AvgIpc) is 2.80. The van der Waals surface area contributed by atoms with Crippen LogP contribution >= 0.6 is 0 Å². The number of methoxy groups -OCH3 is 1. The molecule has 1 aliphatic rings. The van der Waals surface area contributed by atoms with Crippen LogP contribution in [0.4, 0.5) is 0 Å². The minimum absolute atomic E-state index is 0.378. The van der Waals surface area contributed by atoms with Crippen LogP contribution in [0.2, 0.25) is 0 Å². The molecule has 1 aliphatic heterocycles. The number of aliphatic carboxylic acids is 1. The van der Waals surface area contributed by atoms with E-state index in [0.29, 0.717) is 25.3 Å². The molecule has 0 spiro atoms. The van der Waals surface area contributed by atoms with Crippen molar-refractivity contribution in [3.63, 3.8) is 0 Å². The summed E-state index contributed by atoms with van der Waals surface area (Å²) in [5.41, 5.74) is -0.0556. The topological polar surface area (TPSA) is 75.8 Å². The highest BCUT2D eigenvalue weighted by Crippen LogP contribution is 2.29. The first-order chi connectivity index (χ1) is 9.06. The van der Waals surface area contributed by atoms with Crippen molar-refractivity contribution >= 4 is 5.97 Å². The molecular formula is C13H20N2O4. The second-order valence-electron chi connectivity index (χ2n) is 5.18. The monoisotopic (exact) mass is 268 g/mol. The third-order valence-corrected chi connectivity index (χ3v) is 3.75. The van der Waals surface area contributed by atoms with Crippen LogP contribution in [-0.4, -0.2) is 40.3 Å². The van der Waals surface area contributed by atoms with Crippen LogP contribution in [0.1, 0.15) is 37.6 Å². The molecule has 1 unspecified atom stereocenters. The number of ether oxygens (including phenoxy) is 1. The Morgan fingerprint density at radius 3 is 3.11 bits per heavy atom. The molecular weight excluding hydrogens is 248 g/mol. The quantitative estimate of drug-likeness (QED) is 0.875. The molecule has 1 fully saturated rings. The van der Waals surface area contributed by atoms with E-state index in [1.807, 2.05) is 11.0 Å². The third kappa shape index (κ3) is 2.96. The summed E-state index contributed by atoms with van der Waals surface area (Å²) in [6.07, 6.45) is 2.64. The molecule has 6 heteroatoms. The summed E-state index contributed by atoms with van der Waals surface area (Å²) in [5.74, 6) is -0.112. The van der Waals surface area contributed by atoms with Gasteiger partial charge in [-0.1, -0.05) is 5.16 Å². The zero-order valence-corrected chi connectivity index (χ0v) is 11.4. The fraction of sp³-hybridized carbons (Fsp3) is 0.692. The number of rotatable bonds is 5. The van der Waals surface area contributed by atoms with Crippen molar-refractivity contribution in [1.29, 1.82) is 0 Å². The lowest BCUT2D eigenvalue weighted by molar-refractivity contribution is -0.153. The minimum atomic E-state index is -0.807. The second-order valence-corrected chi connectivity index (χ2v) is 5.18. The minimum Gasteiger partial charge on any atom is -0.480 e. The molecule has 19 heavy (non-hydrogen) atoms. The van der Waals surface area contributed by atoms with Gasteiger partial charge in [0.15, 0.2) is 5.76 Å². The van der Waals surface area contributed by atoms with E-state index < -0.39 is 11.5 Å². The number of hydrogen-bond acceptors (Lipinski definition) is 5. The van der Waals surface area contributed by atoms with Crippen molar-refractivity contribution in [2.75, 3.05) is 13.7 Å². The first-order valence-electron chi connectivity index (χ1n) is 6.48. The molecule has 0 radical (unpaired) electrons. The van der Waals surface area contributed by atoms with Gasteiger partial charge < -0.3 is 14.4 Å². The van der Waals surface area contributed by atoms with Crippen molar-refractivity contribution in [3.05, 3.63) is 17.5 Å². The standard InChI is InChI=1S/C13H20N2O4/c1-13(12(16)17)5-3-4-6-15(13)8-10-7-11(9-18-2)19-14-10/h7H,3-6,8-9H2,1-2H3,(H,16,17). The molecule has 6 nitrogen and oxygen atoms in total. The predicted octanol–water partition coefficient (Wildman–Crippen LogP) is 1.65. The third-order valence-electron chi connectivity index (χ3n) is 3.75. The Labute approximate surface area is 112 Å². The van der Waals surface area contributed by atoms with Crippen molar-refractivity contribution < 1.29 is 19.2 Å². The van der Waals surface area contributed by atoms with E-state index >= 15 is 0 Å². The summed E-state index contributed by atoms with van der Waals surface area (Å²) in [4.78, 5) is 13.4. The summed E-state index contributed by atoms with van der Waals surface area (Å²) in [6, 6.07) is 1.82. The van der Waals surface area contributed by atoms with E-state index in [1.165, 1.54) is 0 Å². The van der Waals surface area contributed by atoms with Crippen LogP contribution in [0.25, 0.3) is 0 Å². The molecule has 0 bridgehead atoms. The van der Waals surface area contributed by atoms with Crippen molar-refractivity contribution in [3.8, 4) is 0 Å². The van der Waals surface area contributed by atoms with Crippen molar-refractivity contribution in [2.45, 2.75) is 44.9 Å². The van der Waals surface area contributed by atoms with E-state index in [1.54, 1.807) is 14.0 Å². The second kappa shape index (κ2) is 5.71. The molecule has 2 rings (SSSR count). The maximum atomic E-state index is 11.5. The number of carboxylic acid groups (broad SMARTS) is 1. The van der Waals surface area contributed by atoms with Crippen LogP contribution < -0.4 is 0 Å². The Morgan fingerprint density at radius 2 is 2.42 bits per heavy atom. The van der Waals surface area contributed by atoms with Gasteiger partial charge in [0, 0.05) is 19.7 Å². The lowest BCUT2D eigenvalue weighted by atomic mass is 9.88. The molecule has 106 valence electrons. The fourth-order valence-electron chi connectivity index (χ4n) is 2.51. The fourth-order valence-corrected chi connectivity index (χ4v) is 2.51. The van der Waals surface area contributed by atoms with E-state index in [-0.39, 0.29) is 0 Å². The van der Waals surface area contributed by atoms with E-state index in [0.717, 1.165) is 25.1 Å². The van der Waals surface area contributed by atoms with Crippen molar-refractivity contribution in [2.24, 2.45) is 0 Å². The first-order valence-corrected chi connectivity index (χ1v) is 6.48. The zero-order valence-electron chi connectivity index (χ0n) is 11.4. The summed E-state index contributed by atoms with van der Waals surface area (Å²) in [6.45, 7) is 3.43. The predicted molar refractivity (Wildman–Crippen MR) is 67.5 cm³/mol. The molecule has 0 aliphatic carbocycles. The molecule has 1 saturated heterocycles. The van der Waals surface area contributed by atoms with Gasteiger partial charge in [-0.2, -0.15) is 0 Å². The first kappa shape index (κ1) is 14.0. The van der Waals surface area contributed by atoms with Crippen LogP contribution in [0.3, 0.4) is 0 Å². The van der Waals surface area contributed by atoms with Gasteiger partial charge in [0.1, 0.15) is 12.1 Å². The molecule has 0 aromatic carbocycles. The van der Waals surface area contributed by atoms with Gasteiger partial charge in [-0.15, -0.1) is 0 Å². The van der Waals surface area contributed by atoms with Gasteiger partial charge in [0.2, 0.25) is 0 Å². The Kier molecular flexibility index (Phi) is 4.21. The Bertz CT molecular complexity index is 446. The van der Waals surface area contributed by atoms with Gasteiger partial charge in [0.05, 0.1) is 5.69 Å². The van der Waals surface area contributed by atoms with E-state index in [4.69, 9.17) is 9.26 Å². The Morgan fingerprint density at radius 1 is 1.63 bits per heavy atom. The summed E-state index contributed by atoms with van der Waals surface area (Å²) >= 11 is 0. The number of nitrogens with zero attached hydrogens (tertiary/aromatic N) is 2. The molecule has 0 saturated carbocycles. The Hall–Kier alpha value is -1.40. The number of hydrogen-bond donors (Lipinski definition) is 1. The number of likely N-dealkylation sites (tertiary alicyclic amines) is 1. The Balaban J connectivity index is 2.08. The summed E-state index contributed by atoms with van der Waals surface area (Å²) in [5, 5.41) is 13.4. The molecule has 2 heterocycles.